The van der Waals surface area contributed by atoms with Crippen molar-refractivity contribution < 1.29 is 0 Å². The maximum Gasteiger partial charge on any atom is -0.0114 e. The molecular formula is C26H32. The lowest BCUT2D eigenvalue weighted by atomic mass is 9.83. The van der Waals surface area contributed by atoms with Crippen LogP contribution < -0.4 is 0 Å². The van der Waals surface area contributed by atoms with E-state index < -0.39 is 0 Å². The molecule has 2 aromatic rings. The van der Waals surface area contributed by atoms with E-state index in [2.05, 4.69) is 90.9 Å². The van der Waals surface area contributed by atoms with Gasteiger partial charge in [0, 0.05) is 0 Å². The first kappa shape index (κ1) is 18.7. The number of allylic oxidation sites excluding steroid dienone is 4. The largest absolute Gasteiger partial charge is 0.0841 e. The lowest BCUT2D eigenvalue weighted by Gasteiger charge is -2.21. The van der Waals surface area contributed by atoms with Crippen LogP contribution in [0.1, 0.15) is 73.4 Å². The molecule has 0 saturated heterocycles. The van der Waals surface area contributed by atoms with Crippen LogP contribution in [-0.4, -0.2) is 0 Å². The van der Waals surface area contributed by atoms with E-state index in [1.54, 1.807) is 5.56 Å². The molecular weight excluding hydrogens is 312 g/mol. The van der Waals surface area contributed by atoms with Gasteiger partial charge in [0.2, 0.25) is 0 Å². The number of hydrogen-bond donors (Lipinski definition) is 0. The van der Waals surface area contributed by atoms with Crippen LogP contribution in [0.15, 0.2) is 48.0 Å². The first-order chi connectivity index (χ1) is 12.3. The first-order valence-electron chi connectivity index (χ1n) is 9.89. The van der Waals surface area contributed by atoms with Gasteiger partial charge in [0.1, 0.15) is 0 Å². The van der Waals surface area contributed by atoms with Gasteiger partial charge in [-0.2, -0.15) is 0 Å². The van der Waals surface area contributed by atoms with E-state index in [0.29, 0.717) is 11.8 Å². The first-order valence-corrected chi connectivity index (χ1v) is 9.89. The van der Waals surface area contributed by atoms with Crippen LogP contribution in [0.4, 0.5) is 0 Å². The Bertz CT molecular complexity index is 875. The van der Waals surface area contributed by atoms with Crippen LogP contribution in [0.3, 0.4) is 0 Å². The molecule has 0 heterocycles. The number of rotatable bonds is 2. The van der Waals surface area contributed by atoms with E-state index in [4.69, 9.17) is 0 Å². The fourth-order valence-electron chi connectivity index (χ4n) is 4.73. The average molecular weight is 345 g/mol. The minimum Gasteiger partial charge on any atom is -0.0841 e. The van der Waals surface area contributed by atoms with Crippen molar-refractivity contribution in [3.8, 4) is 0 Å². The molecule has 0 radical (unpaired) electrons. The quantitative estimate of drug-likeness (QED) is 0.525. The van der Waals surface area contributed by atoms with Gasteiger partial charge < -0.3 is 0 Å². The van der Waals surface area contributed by atoms with Crippen LogP contribution in [0, 0.1) is 26.7 Å². The molecule has 0 nitrogen and oxygen atoms in total. The molecule has 0 saturated carbocycles. The van der Waals surface area contributed by atoms with Crippen molar-refractivity contribution in [2.75, 3.05) is 0 Å². The Morgan fingerprint density at radius 1 is 0.923 bits per heavy atom. The highest BCUT2D eigenvalue weighted by molar-refractivity contribution is 6.00. The Balaban J connectivity index is 2.41. The summed E-state index contributed by atoms with van der Waals surface area (Å²) in [5.74, 6) is 1.10. The highest BCUT2D eigenvalue weighted by Gasteiger charge is 2.28. The van der Waals surface area contributed by atoms with Gasteiger partial charge in [-0.3, -0.25) is 0 Å². The maximum absolute atomic E-state index is 2.41. The van der Waals surface area contributed by atoms with E-state index in [9.17, 15) is 0 Å². The zero-order valence-corrected chi connectivity index (χ0v) is 17.4. The summed E-state index contributed by atoms with van der Waals surface area (Å²) in [4.78, 5) is 0. The van der Waals surface area contributed by atoms with Crippen LogP contribution in [0.25, 0.3) is 11.1 Å². The van der Waals surface area contributed by atoms with E-state index >= 15 is 0 Å². The third kappa shape index (κ3) is 3.30. The number of benzene rings is 2. The summed E-state index contributed by atoms with van der Waals surface area (Å²) in [5, 5.41) is 0. The number of aryl methyl sites for hydroxylation is 3. The molecule has 26 heavy (non-hydrogen) atoms. The van der Waals surface area contributed by atoms with Gasteiger partial charge in [-0.15, -0.1) is 0 Å². The summed E-state index contributed by atoms with van der Waals surface area (Å²) in [5.41, 5.74) is 12.8. The maximum atomic E-state index is 2.41. The van der Waals surface area contributed by atoms with Gasteiger partial charge >= 0.3 is 0 Å². The molecule has 2 unspecified atom stereocenters. The van der Waals surface area contributed by atoms with Crippen molar-refractivity contribution in [2.45, 2.75) is 60.8 Å². The van der Waals surface area contributed by atoms with Gasteiger partial charge in [-0.1, -0.05) is 67.4 Å². The number of fused-ring (bicyclic) bond motifs is 1. The van der Waals surface area contributed by atoms with Crippen molar-refractivity contribution in [2.24, 2.45) is 5.92 Å². The summed E-state index contributed by atoms with van der Waals surface area (Å²) >= 11 is 0. The molecule has 0 fully saturated rings. The molecule has 0 bridgehead atoms. The van der Waals surface area contributed by atoms with E-state index in [1.807, 2.05) is 0 Å². The van der Waals surface area contributed by atoms with Crippen LogP contribution in [0.5, 0.6) is 0 Å². The number of hydrogen-bond acceptors (Lipinski definition) is 0. The summed E-state index contributed by atoms with van der Waals surface area (Å²) in [6, 6.07) is 13.9. The Labute approximate surface area is 159 Å². The van der Waals surface area contributed by atoms with Crippen molar-refractivity contribution in [3.05, 3.63) is 81.4 Å². The molecule has 136 valence electrons. The van der Waals surface area contributed by atoms with Crippen molar-refractivity contribution in [1.29, 1.82) is 0 Å². The SMILES string of the molecule is C/C=C(/C)C1=C(c2ccc(C)cc2)C(C)CC(C)c2c(C)cc(C)cc21. The van der Waals surface area contributed by atoms with Gasteiger partial charge in [0.15, 0.2) is 0 Å². The minimum absolute atomic E-state index is 0.532. The van der Waals surface area contributed by atoms with Gasteiger partial charge in [-0.05, 0) is 91.8 Å². The summed E-state index contributed by atoms with van der Waals surface area (Å²) in [7, 11) is 0. The fourth-order valence-corrected chi connectivity index (χ4v) is 4.73. The van der Waals surface area contributed by atoms with Crippen molar-refractivity contribution in [1.82, 2.24) is 0 Å². The Morgan fingerprint density at radius 3 is 2.19 bits per heavy atom. The van der Waals surface area contributed by atoms with E-state index in [-0.39, 0.29) is 0 Å². The molecule has 0 aliphatic heterocycles. The molecule has 0 N–H and O–H groups in total. The normalized spacial score (nSPS) is 20.8. The van der Waals surface area contributed by atoms with Crippen LogP contribution in [-0.2, 0) is 0 Å². The predicted molar refractivity (Wildman–Crippen MR) is 116 cm³/mol. The van der Waals surface area contributed by atoms with Crippen LogP contribution in [0.2, 0.25) is 0 Å². The molecule has 1 aliphatic rings. The average Bonchev–Trinajstić information content (AvgIpc) is 2.69. The van der Waals surface area contributed by atoms with Crippen LogP contribution >= 0.6 is 0 Å². The summed E-state index contributed by atoms with van der Waals surface area (Å²) in [6.07, 6.45) is 3.47. The second-order valence-corrected chi connectivity index (χ2v) is 8.21. The molecule has 0 heteroatoms. The van der Waals surface area contributed by atoms with Gasteiger partial charge in [0.25, 0.3) is 0 Å². The Morgan fingerprint density at radius 2 is 1.58 bits per heavy atom. The summed E-state index contributed by atoms with van der Waals surface area (Å²) < 4.78 is 0. The topological polar surface area (TPSA) is 0 Å². The van der Waals surface area contributed by atoms with Gasteiger partial charge in [0.05, 0.1) is 0 Å². The monoisotopic (exact) mass is 344 g/mol. The second-order valence-electron chi connectivity index (χ2n) is 8.21. The lowest BCUT2D eigenvalue weighted by Crippen LogP contribution is -2.04. The molecule has 0 spiro atoms. The standard InChI is InChI=1S/C26H32/c1-8-18(4)26-23-14-17(3)13-19(5)24(23)20(6)15-21(7)25(26)22-11-9-16(2)10-12-22/h8-14,20-21H,15H2,1-7H3/b18-8-. The predicted octanol–water partition coefficient (Wildman–Crippen LogP) is 7.63. The third-order valence-corrected chi connectivity index (χ3v) is 5.95. The molecule has 3 rings (SSSR count). The Hall–Kier alpha value is -2.08. The minimum atomic E-state index is 0.532. The molecule has 0 aromatic heterocycles. The molecule has 2 atom stereocenters. The highest BCUT2D eigenvalue weighted by Crippen LogP contribution is 2.47. The molecule has 0 amide bonds. The van der Waals surface area contributed by atoms with E-state index in [1.165, 1.54) is 51.0 Å². The van der Waals surface area contributed by atoms with Crippen molar-refractivity contribution >= 4 is 11.1 Å². The Kier molecular flexibility index (Phi) is 5.23. The van der Waals surface area contributed by atoms with Gasteiger partial charge in [-0.25, -0.2) is 0 Å². The smallest absolute Gasteiger partial charge is 0.0114 e. The lowest BCUT2D eigenvalue weighted by molar-refractivity contribution is 0.582. The summed E-state index contributed by atoms with van der Waals surface area (Å²) in [6.45, 7) is 15.9. The highest BCUT2D eigenvalue weighted by atomic mass is 14.3. The third-order valence-electron chi connectivity index (χ3n) is 5.95. The molecule has 1 aliphatic carbocycles. The zero-order chi connectivity index (χ0) is 19.0. The molecule has 2 aromatic carbocycles. The second kappa shape index (κ2) is 7.27. The zero-order valence-electron chi connectivity index (χ0n) is 17.4. The van der Waals surface area contributed by atoms with Crippen molar-refractivity contribution in [3.63, 3.8) is 0 Å². The fraction of sp³-hybridized carbons (Fsp3) is 0.385. The van der Waals surface area contributed by atoms with E-state index in [0.717, 1.165) is 0 Å².